The molecule has 1 heterocycles. The lowest BCUT2D eigenvalue weighted by Gasteiger charge is -2.22. The summed E-state index contributed by atoms with van der Waals surface area (Å²) in [6, 6.07) is 8.72. The third-order valence-electron chi connectivity index (χ3n) is 3.73. The van der Waals surface area contributed by atoms with Gasteiger partial charge in [0.1, 0.15) is 0 Å². The van der Waals surface area contributed by atoms with Gasteiger partial charge in [-0.1, -0.05) is 24.3 Å². The van der Waals surface area contributed by atoms with Crippen molar-refractivity contribution in [2.45, 2.75) is 25.7 Å². The van der Waals surface area contributed by atoms with E-state index in [4.69, 9.17) is 5.41 Å². The molecule has 0 aromatic heterocycles. The highest BCUT2D eigenvalue weighted by molar-refractivity contribution is 5.83. The Morgan fingerprint density at radius 2 is 1.62 bits per heavy atom. The maximum atomic E-state index is 8.13. The van der Waals surface area contributed by atoms with Crippen LogP contribution in [-0.4, -0.2) is 23.8 Å². The first-order chi connectivity index (χ1) is 7.84. The second-order valence-electron chi connectivity index (χ2n) is 4.92. The molecule has 2 nitrogen and oxygen atoms in total. The zero-order valence-corrected chi connectivity index (χ0v) is 9.58. The van der Waals surface area contributed by atoms with Crippen molar-refractivity contribution in [2.24, 2.45) is 5.92 Å². The van der Waals surface area contributed by atoms with E-state index in [-0.39, 0.29) is 0 Å². The maximum absolute atomic E-state index is 8.13. The highest BCUT2D eigenvalue weighted by Crippen LogP contribution is 2.31. The summed E-state index contributed by atoms with van der Waals surface area (Å²) in [6.07, 6.45) is 4.68. The Morgan fingerprint density at radius 3 is 2.12 bits per heavy atom. The van der Waals surface area contributed by atoms with E-state index in [1.807, 2.05) is 0 Å². The fourth-order valence-electron chi connectivity index (χ4n) is 2.52. The number of nitrogens with zero attached hydrogens (tertiary/aromatic N) is 1. The minimum Gasteiger partial charge on any atom is -0.360 e. The Labute approximate surface area is 96.8 Å². The highest BCUT2D eigenvalue weighted by atomic mass is 15.2. The standard InChI is InChI=1S/C14H18N2/c15-14(13-5-6-13)16-9-7-11-3-1-2-4-12(11)8-10-16/h1-4,13,15H,5-10H2. The lowest BCUT2D eigenvalue weighted by molar-refractivity contribution is 0.424. The van der Waals surface area contributed by atoms with Gasteiger partial charge in [-0.25, -0.2) is 0 Å². The van der Waals surface area contributed by atoms with Crippen molar-refractivity contribution < 1.29 is 0 Å². The smallest absolute Gasteiger partial charge is 0.0989 e. The van der Waals surface area contributed by atoms with Crippen molar-refractivity contribution in [1.29, 1.82) is 5.41 Å². The zero-order chi connectivity index (χ0) is 11.0. The van der Waals surface area contributed by atoms with Gasteiger partial charge in [0.2, 0.25) is 0 Å². The van der Waals surface area contributed by atoms with E-state index in [1.54, 1.807) is 0 Å². The minimum atomic E-state index is 0.584. The Hall–Kier alpha value is -1.31. The van der Waals surface area contributed by atoms with Gasteiger partial charge in [-0.2, -0.15) is 0 Å². The first-order valence-electron chi connectivity index (χ1n) is 6.25. The number of hydrogen-bond donors (Lipinski definition) is 1. The lowest BCUT2D eigenvalue weighted by atomic mass is 10.0. The first kappa shape index (κ1) is 9.88. The molecule has 1 aromatic rings. The van der Waals surface area contributed by atoms with Crippen LogP contribution in [0.25, 0.3) is 0 Å². The van der Waals surface area contributed by atoms with Gasteiger partial charge in [0.05, 0.1) is 5.84 Å². The quantitative estimate of drug-likeness (QED) is 0.564. The van der Waals surface area contributed by atoms with Gasteiger partial charge in [0.15, 0.2) is 0 Å². The van der Waals surface area contributed by atoms with Crippen molar-refractivity contribution in [2.75, 3.05) is 13.1 Å². The molecule has 1 aromatic carbocycles. The van der Waals surface area contributed by atoms with Crippen LogP contribution in [0, 0.1) is 11.3 Å². The summed E-state index contributed by atoms with van der Waals surface area (Å²) in [6.45, 7) is 2.07. The fraction of sp³-hybridized carbons (Fsp3) is 0.500. The molecule has 0 atom stereocenters. The van der Waals surface area contributed by atoms with Crippen LogP contribution in [0.5, 0.6) is 0 Å². The van der Waals surface area contributed by atoms with Crippen LogP contribution in [0.2, 0.25) is 0 Å². The summed E-state index contributed by atoms with van der Waals surface area (Å²) in [4.78, 5) is 2.29. The molecule has 0 bridgehead atoms. The minimum absolute atomic E-state index is 0.584. The molecule has 0 saturated heterocycles. The number of fused-ring (bicyclic) bond motifs is 1. The summed E-state index contributed by atoms with van der Waals surface area (Å²) in [5.41, 5.74) is 2.96. The summed E-state index contributed by atoms with van der Waals surface area (Å²) < 4.78 is 0. The Kier molecular flexibility index (Phi) is 2.43. The summed E-state index contributed by atoms with van der Waals surface area (Å²) >= 11 is 0. The van der Waals surface area contributed by atoms with Gasteiger partial charge < -0.3 is 4.90 Å². The van der Waals surface area contributed by atoms with Crippen LogP contribution in [0.15, 0.2) is 24.3 Å². The molecule has 1 aliphatic heterocycles. The van der Waals surface area contributed by atoms with Crippen molar-refractivity contribution in [3.05, 3.63) is 35.4 Å². The van der Waals surface area contributed by atoms with Gasteiger partial charge >= 0.3 is 0 Å². The number of hydrogen-bond acceptors (Lipinski definition) is 1. The average molecular weight is 214 g/mol. The fourth-order valence-corrected chi connectivity index (χ4v) is 2.52. The number of rotatable bonds is 1. The van der Waals surface area contributed by atoms with Crippen molar-refractivity contribution in [3.8, 4) is 0 Å². The van der Waals surface area contributed by atoms with Gasteiger partial charge in [0.25, 0.3) is 0 Å². The molecule has 3 rings (SSSR count). The van der Waals surface area contributed by atoms with Crippen molar-refractivity contribution >= 4 is 5.84 Å². The Bertz CT molecular complexity index is 380. The molecule has 1 N–H and O–H groups in total. The van der Waals surface area contributed by atoms with Gasteiger partial charge in [0, 0.05) is 19.0 Å². The highest BCUT2D eigenvalue weighted by Gasteiger charge is 2.30. The van der Waals surface area contributed by atoms with Gasteiger partial charge in [-0.05, 0) is 36.8 Å². The van der Waals surface area contributed by atoms with Crippen LogP contribution in [0.4, 0.5) is 0 Å². The molecule has 2 aliphatic rings. The van der Waals surface area contributed by atoms with E-state index >= 15 is 0 Å². The van der Waals surface area contributed by atoms with E-state index in [1.165, 1.54) is 24.0 Å². The SMILES string of the molecule is N=C(C1CC1)N1CCc2ccccc2CC1. The van der Waals surface area contributed by atoms with E-state index in [0.29, 0.717) is 5.92 Å². The molecule has 1 aliphatic carbocycles. The van der Waals surface area contributed by atoms with E-state index in [0.717, 1.165) is 31.8 Å². The second kappa shape index (κ2) is 3.93. The van der Waals surface area contributed by atoms with Crippen LogP contribution in [0.3, 0.4) is 0 Å². The number of benzene rings is 1. The molecule has 2 heteroatoms. The Balaban J connectivity index is 1.74. The lowest BCUT2D eigenvalue weighted by Crippen LogP contribution is -2.33. The summed E-state index contributed by atoms with van der Waals surface area (Å²) in [5, 5.41) is 8.13. The van der Waals surface area contributed by atoms with Crippen LogP contribution < -0.4 is 0 Å². The summed E-state index contributed by atoms with van der Waals surface area (Å²) in [5.74, 6) is 1.48. The van der Waals surface area contributed by atoms with Crippen LogP contribution in [-0.2, 0) is 12.8 Å². The van der Waals surface area contributed by atoms with E-state index in [2.05, 4.69) is 29.2 Å². The first-order valence-corrected chi connectivity index (χ1v) is 6.25. The normalized spacial score (nSPS) is 20.1. The predicted octanol–water partition coefficient (Wildman–Crippen LogP) is 2.47. The zero-order valence-electron chi connectivity index (χ0n) is 9.58. The van der Waals surface area contributed by atoms with Crippen LogP contribution in [0.1, 0.15) is 24.0 Å². The third kappa shape index (κ3) is 1.84. The second-order valence-corrected chi connectivity index (χ2v) is 4.92. The largest absolute Gasteiger partial charge is 0.360 e. The molecular weight excluding hydrogens is 196 g/mol. The van der Waals surface area contributed by atoms with Crippen LogP contribution >= 0.6 is 0 Å². The third-order valence-corrected chi connectivity index (χ3v) is 3.73. The van der Waals surface area contributed by atoms with Crippen molar-refractivity contribution in [3.63, 3.8) is 0 Å². The van der Waals surface area contributed by atoms with Gasteiger partial charge in [-0.3, -0.25) is 5.41 Å². The van der Waals surface area contributed by atoms with E-state index < -0.39 is 0 Å². The molecule has 0 amide bonds. The molecule has 16 heavy (non-hydrogen) atoms. The molecule has 0 spiro atoms. The molecule has 0 unspecified atom stereocenters. The van der Waals surface area contributed by atoms with Gasteiger partial charge in [-0.15, -0.1) is 0 Å². The Morgan fingerprint density at radius 1 is 1.06 bits per heavy atom. The molecule has 0 radical (unpaired) electrons. The average Bonchev–Trinajstić information content (AvgIpc) is 3.15. The monoisotopic (exact) mass is 214 g/mol. The molecule has 1 saturated carbocycles. The molecular formula is C14H18N2. The van der Waals surface area contributed by atoms with Crippen molar-refractivity contribution in [1.82, 2.24) is 4.90 Å². The molecule has 1 fully saturated rings. The van der Waals surface area contributed by atoms with E-state index in [9.17, 15) is 0 Å². The predicted molar refractivity (Wildman–Crippen MR) is 65.9 cm³/mol. The maximum Gasteiger partial charge on any atom is 0.0989 e. The summed E-state index contributed by atoms with van der Waals surface area (Å²) in [7, 11) is 0. The molecule has 84 valence electrons. The number of amidine groups is 1. The topological polar surface area (TPSA) is 27.1 Å². The number of nitrogens with one attached hydrogen (secondary N) is 1.